The topological polar surface area (TPSA) is 18.5 Å². The van der Waals surface area contributed by atoms with E-state index < -0.39 is 0 Å². The van der Waals surface area contributed by atoms with Crippen LogP contribution in [-0.4, -0.2) is 57.1 Å². The summed E-state index contributed by atoms with van der Waals surface area (Å²) in [6, 6.07) is 10.6. The first-order valence-electron chi connectivity index (χ1n) is 6.76. The van der Waals surface area contributed by atoms with Crippen LogP contribution in [-0.2, 0) is 6.54 Å². The van der Waals surface area contributed by atoms with Crippen molar-refractivity contribution in [3.05, 3.63) is 35.9 Å². The molecule has 0 aromatic heterocycles. The van der Waals surface area contributed by atoms with E-state index in [0.29, 0.717) is 0 Å². The van der Waals surface area contributed by atoms with Gasteiger partial charge in [-0.3, -0.25) is 0 Å². The van der Waals surface area contributed by atoms with Crippen molar-refractivity contribution in [2.45, 2.75) is 13.0 Å². The largest absolute Gasteiger partial charge is 0.315 e. The third-order valence-corrected chi connectivity index (χ3v) is 2.92. The molecule has 0 aliphatic carbocycles. The van der Waals surface area contributed by atoms with Gasteiger partial charge in [-0.25, -0.2) is 0 Å². The van der Waals surface area contributed by atoms with Crippen LogP contribution in [0.25, 0.3) is 0 Å². The lowest BCUT2D eigenvalue weighted by Gasteiger charge is -2.17. The molecule has 3 heteroatoms. The molecule has 0 atom stereocenters. The minimum absolute atomic E-state index is 1.04. The number of rotatable bonds is 9. The number of benzene rings is 1. The molecule has 0 saturated carbocycles. The highest BCUT2D eigenvalue weighted by molar-refractivity contribution is 5.14. The molecule has 1 aromatic carbocycles. The second-order valence-electron chi connectivity index (χ2n) is 5.13. The van der Waals surface area contributed by atoms with E-state index in [9.17, 15) is 0 Å². The monoisotopic (exact) mass is 249 g/mol. The molecule has 0 heterocycles. The number of likely N-dealkylation sites (N-methyl/N-ethyl adjacent to an activating group) is 1. The summed E-state index contributed by atoms with van der Waals surface area (Å²) in [5.41, 5.74) is 1.39. The first kappa shape index (κ1) is 15.2. The standard InChI is InChI=1S/C15H27N3/c1-17(2)13-11-16-10-7-12-18(3)14-15-8-5-4-6-9-15/h4-6,8-9,16H,7,10-14H2,1-3H3. The lowest BCUT2D eigenvalue weighted by atomic mass is 10.2. The van der Waals surface area contributed by atoms with Gasteiger partial charge in [-0.2, -0.15) is 0 Å². The van der Waals surface area contributed by atoms with Crippen molar-refractivity contribution >= 4 is 0 Å². The molecule has 1 N–H and O–H groups in total. The molecule has 0 fully saturated rings. The molecule has 0 aliphatic heterocycles. The molecule has 0 aliphatic rings. The van der Waals surface area contributed by atoms with Gasteiger partial charge in [-0.15, -0.1) is 0 Å². The van der Waals surface area contributed by atoms with Gasteiger partial charge < -0.3 is 15.1 Å². The van der Waals surface area contributed by atoms with Gasteiger partial charge in [0.1, 0.15) is 0 Å². The van der Waals surface area contributed by atoms with Crippen molar-refractivity contribution < 1.29 is 0 Å². The van der Waals surface area contributed by atoms with E-state index >= 15 is 0 Å². The van der Waals surface area contributed by atoms with Gasteiger partial charge in [0.15, 0.2) is 0 Å². The van der Waals surface area contributed by atoms with Crippen LogP contribution >= 0.6 is 0 Å². The van der Waals surface area contributed by atoms with E-state index in [4.69, 9.17) is 0 Å². The van der Waals surface area contributed by atoms with E-state index in [0.717, 1.165) is 32.7 Å². The Bertz CT molecular complexity index is 298. The van der Waals surface area contributed by atoms with Gasteiger partial charge in [0.05, 0.1) is 0 Å². The Labute approximate surface area is 112 Å². The van der Waals surface area contributed by atoms with Crippen LogP contribution in [0.15, 0.2) is 30.3 Å². The van der Waals surface area contributed by atoms with Gasteiger partial charge in [0.25, 0.3) is 0 Å². The average molecular weight is 249 g/mol. The van der Waals surface area contributed by atoms with E-state index in [1.165, 1.54) is 12.0 Å². The molecule has 3 nitrogen and oxygen atoms in total. The maximum atomic E-state index is 3.47. The van der Waals surface area contributed by atoms with Gasteiger partial charge >= 0.3 is 0 Å². The van der Waals surface area contributed by atoms with Crippen LogP contribution in [0.5, 0.6) is 0 Å². The fourth-order valence-corrected chi connectivity index (χ4v) is 1.88. The Kier molecular flexibility index (Phi) is 7.65. The Morgan fingerprint density at radius 2 is 1.67 bits per heavy atom. The van der Waals surface area contributed by atoms with Crippen molar-refractivity contribution in [1.29, 1.82) is 0 Å². The molecule has 0 radical (unpaired) electrons. The van der Waals surface area contributed by atoms with E-state index in [2.05, 4.69) is 66.6 Å². The molecule has 0 amide bonds. The molecule has 1 rings (SSSR count). The van der Waals surface area contributed by atoms with Crippen LogP contribution in [0.1, 0.15) is 12.0 Å². The number of nitrogens with one attached hydrogen (secondary N) is 1. The highest BCUT2D eigenvalue weighted by Gasteiger charge is 1.99. The van der Waals surface area contributed by atoms with E-state index in [1.807, 2.05) is 0 Å². The predicted molar refractivity (Wildman–Crippen MR) is 78.8 cm³/mol. The molecule has 0 unspecified atom stereocenters. The summed E-state index contributed by atoms with van der Waals surface area (Å²) in [6.07, 6.45) is 1.21. The summed E-state index contributed by atoms with van der Waals surface area (Å²) in [7, 11) is 6.40. The zero-order valence-electron chi connectivity index (χ0n) is 12.0. The van der Waals surface area contributed by atoms with Crippen LogP contribution in [0, 0.1) is 0 Å². The number of hydrogen-bond acceptors (Lipinski definition) is 3. The number of hydrogen-bond donors (Lipinski definition) is 1. The summed E-state index contributed by atoms with van der Waals surface area (Å²) < 4.78 is 0. The Balaban J connectivity index is 2.02. The fourth-order valence-electron chi connectivity index (χ4n) is 1.88. The van der Waals surface area contributed by atoms with Crippen LogP contribution in [0.4, 0.5) is 0 Å². The highest BCUT2D eigenvalue weighted by atomic mass is 15.1. The van der Waals surface area contributed by atoms with Crippen molar-refractivity contribution in [2.24, 2.45) is 0 Å². The molecule has 0 spiro atoms. The van der Waals surface area contributed by atoms with E-state index in [-0.39, 0.29) is 0 Å². The van der Waals surface area contributed by atoms with Gasteiger partial charge in [-0.1, -0.05) is 30.3 Å². The zero-order chi connectivity index (χ0) is 13.2. The first-order valence-corrected chi connectivity index (χ1v) is 6.76. The summed E-state index contributed by atoms with van der Waals surface area (Å²) in [6.45, 7) is 5.48. The van der Waals surface area contributed by atoms with E-state index in [1.54, 1.807) is 0 Å². The maximum absolute atomic E-state index is 3.47. The third kappa shape index (κ3) is 7.43. The Morgan fingerprint density at radius 3 is 2.33 bits per heavy atom. The molecular formula is C15H27N3. The van der Waals surface area contributed by atoms with Crippen LogP contribution in [0.2, 0.25) is 0 Å². The normalized spacial score (nSPS) is 11.4. The Hall–Kier alpha value is -0.900. The van der Waals surface area contributed by atoms with Gasteiger partial charge in [-0.05, 0) is 46.2 Å². The molecule has 102 valence electrons. The van der Waals surface area contributed by atoms with Crippen molar-refractivity contribution in [3.8, 4) is 0 Å². The summed E-state index contributed by atoms with van der Waals surface area (Å²) in [5, 5.41) is 3.47. The van der Waals surface area contributed by atoms with Gasteiger partial charge in [0, 0.05) is 19.6 Å². The molecule has 18 heavy (non-hydrogen) atoms. The van der Waals surface area contributed by atoms with Gasteiger partial charge in [0.2, 0.25) is 0 Å². The van der Waals surface area contributed by atoms with Crippen LogP contribution < -0.4 is 5.32 Å². The number of nitrogens with zero attached hydrogens (tertiary/aromatic N) is 2. The highest BCUT2D eigenvalue weighted by Crippen LogP contribution is 2.02. The smallest absolute Gasteiger partial charge is 0.0230 e. The lowest BCUT2D eigenvalue weighted by molar-refractivity contribution is 0.317. The average Bonchev–Trinajstić information content (AvgIpc) is 2.34. The second-order valence-corrected chi connectivity index (χ2v) is 5.13. The minimum Gasteiger partial charge on any atom is -0.315 e. The minimum atomic E-state index is 1.04. The summed E-state index contributed by atoms with van der Waals surface area (Å²) >= 11 is 0. The fraction of sp³-hybridized carbons (Fsp3) is 0.600. The maximum Gasteiger partial charge on any atom is 0.0230 e. The Morgan fingerprint density at radius 1 is 0.944 bits per heavy atom. The molecular weight excluding hydrogens is 222 g/mol. The molecule has 1 aromatic rings. The second kappa shape index (κ2) is 9.09. The third-order valence-electron chi connectivity index (χ3n) is 2.92. The zero-order valence-corrected chi connectivity index (χ0v) is 12.0. The summed E-state index contributed by atoms with van der Waals surface area (Å²) in [4.78, 5) is 4.58. The van der Waals surface area contributed by atoms with Crippen molar-refractivity contribution in [3.63, 3.8) is 0 Å². The SMILES string of the molecule is CN(C)CCNCCCN(C)Cc1ccccc1. The van der Waals surface area contributed by atoms with Crippen molar-refractivity contribution in [1.82, 2.24) is 15.1 Å². The van der Waals surface area contributed by atoms with Crippen molar-refractivity contribution in [2.75, 3.05) is 47.3 Å². The predicted octanol–water partition coefficient (Wildman–Crippen LogP) is 1.66. The lowest BCUT2D eigenvalue weighted by Crippen LogP contribution is -2.29. The summed E-state index contributed by atoms with van der Waals surface area (Å²) in [5.74, 6) is 0. The quantitative estimate of drug-likeness (QED) is 0.672. The molecule has 0 saturated heterocycles. The molecule has 0 bridgehead atoms. The van der Waals surface area contributed by atoms with Crippen LogP contribution in [0.3, 0.4) is 0 Å². The first-order chi connectivity index (χ1) is 8.68.